The second kappa shape index (κ2) is 24.1. The average molecular weight is 1230 g/mol. The van der Waals surface area contributed by atoms with Crippen molar-refractivity contribution in [3.05, 3.63) is 87.9 Å². The van der Waals surface area contributed by atoms with E-state index in [1.807, 2.05) is 24.3 Å². The molecule has 4 saturated heterocycles. The number of anilines is 3. The molecule has 0 unspecified atom stereocenters. The molecule has 4 aliphatic heterocycles. The van der Waals surface area contributed by atoms with Crippen molar-refractivity contribution in [2.75, 3.05) is 85.2 Å². The molecular weight excluding hydrogens is 1150 g/mol. The molecule has 4 aromatic heterocycles. The van der Waals surface area contributed by atoms with Crippen molar-refractivity contribution in [2.24, 2.45) is 0 Å². The van der Waals surface area contributed by atoms with Gasteiger partial charge in [-0.05, 0) is 159 Å². The monoisotopic (exact) mass is 1230 g/mol. The van der Waals surface area contributed by atoms with Crippen molar-refractivity contribution in [2.45, 2.75) is 131 Å². The second-order valence-electron chi connectivity index (χ2n) is 23.4. The van der Waals surface area contributed by atoms with Gasteiger partial charge in [-0.25, -0.2) is 36.6 Å². The fourth-order valence-corrected chi connectivity index (χ4v) is 16.1. The Morgan fingerprint density at radius 1 is 0.704 bits per heavy atom. The number of ether oxygens (including phenoxy) is 3. The second-order valence-corrected chi connectivity index (χ2v) is 33.4. The van der Waals surface area contributed by atoms with Crippen molar-refractivity contribution in [1.29, 1.82) is 0 Å². The van der Waals surface area contributed by atoms with Gasteiger partial charge in [0.05, 0.1) is 19.9 Å². The number of aryl methyl sites for hydroxylation is 2. The fourth-order valence-electron chi connectivity index (χ4n) is 12.1. The molecule has 21 nitrogen and oxygen atoms in total. The summed E-state index contributed by atoms with van der Waals surface area (Å²) in [6.45, 7) is 11.8. The molecule has 2 aromatic carbocycles. The van der Waals surface area contributed by atoms with Crippen molar-refractivity contribution < 1.29 is 31.0 Å². The molecular formula is C56H77BrN14O7S2Si. The summed E-state index contributed by atoms with van der Waals surface area (Å²) in [5, 5.41) is 14.3. The number of nitrogens with zero attached hydrogens (tertiary/aromatic N) is 11. The van der Waals surface area contributed by atoms with Crippen LogP contribution in [0.5, 0.6) is 11.8 Å². The Labute approximate surface area is 486 Å². The number of nitrogens with one attached hydrogen (secondary N) is 2. The van der Waals surface area contributed by atoms with Crippen LogP contribution < -0.4 is 20.5 Å². The maximum absolute atomic E-state index is 13.3. The third-order valence-corrected chi connectivity index (χ3v) is 23.1. The number of aromatic amines is 1. The topological polar surface area (TPSA) is 245 Å². The van der Waals surface area contributed by atoms with Crippen molar-refractivity contribution in [3.63, 3.8) is 0 Å². The number of benzene rings is 2. The minimum Gasteiger partial charge on any atom is -0.481 e. The molecule has 12 rings (SSSR count). The number of nitrogens with two attached hydrogens (primary N) is 1. The van der Waals surface area contributed by atoms with Crippen molar-refractivity contribution >= 4 is 61.4 Å². The summed E-state index contributed by atoms with van der Waals surface area (Å²) >= 11 is 3.21. The predicted molar refractivity (Wildman–Crippen MR) is 318 cm³/mol. The Morgan fingerprint density at radius 2 is 1.23 bits per heavy atom. The number of hydrogen-bond acceptors (Lipinski definition) is 17. The molecule has 0 amide bonds. The minimum absolute atomic E-state index is 0.0414. The summed E-state index contributed by atoms with van der Waals surface area (Å²) < 4.78 is 73.8. The third-order valence-electron chi connectivity index (χ3n) is 17.5. The van der Waals surface area contributed by atoms with Crippen LogP contribution in [0.15, 0.2) is 76.0 Å². The van der Waals surface area contributed by atoms with Gasteiger partial charge in [0.15, 0.2) is 0 Å². The minimum atomic E-state index is -3.75. The number of nitrogen functional groups attached to an aromatic ring is 1. The van der Waals surface area contributed by atoms with Crippen molar-refractivity contribution in [1.82, 2.24) is 58.3 Å². The fraction of sp³-hybridized carbons (Fsp3) is 0.536. The Balaban J connectivity index is 0.000000144. The van der Waals surface area contributed by atoms with Crippen LogP contribution in [0.25, 0.3) is 22.3 Å². The number of pyridine rings is 2. The Bertz CT molecular complexity index is 3450. The van der Waals surface area contributed by atoms with Gasteiger partial charge in [-0.1, -0.05) is 43.9 Å². The zero-order valence-electron chi connectivity index (χ0n) is 47.7. The smallest absolute Gasteiger partial charge is 0.278 e. The predicted octanol–water partition coefficient (Wildman–Crippen LogP) is 8.01. The molecule has 2 spiro atoms. The van der Waals surface area contributed by atoms with E-state index in [-0.39, 0.29) is 38.8 Å². The largest absolute Gasteiger partial charge is 0.481 e. The highest BCUT2D eigenvalue weighted by molar-refractivity contribution is 9.10. The van der Waals surface area contributed by atoms with Gasteiger partial charge in [-0.3, -0.25) is 0 Å². The van der Waals surface area contributed by atoms with Crippen LogP contribution in [0.3, 0.4) is 0 Å². The standard InChI is InChI=1S/C25H31N7O3S.C16H30BrN5O3SSi.C15H16N2O/c1-31-13-9-25(31)10-14-32(15-11-25)36(33,34)24-28-23(29-30-24)27-22-19-5-3-4-17(19)6-7-20(22)18-8-12-26-21(16-18)35-2;1-20-8-5-16(20)6-9-21(10-7-16)26(23,24)15-18-14(17)19-22(15)13-25-11-12-27(2,3)4;1-18-14-9-11(7-8-17-14)13-6-5-10-3-2-4-12(10)15(13)16/h6-8,12,16H,3-5,9-11,13-15H2,1-2H3,(H2,27,28,29,30);5-13H2,1-4H3;5-9H,2-4,16H2,1H3. The third kappa shape index (κ3) is 12.5. The molecule has 6 aromatic rings. The lowest BCUT2D eigenvalue weighted by atomic mass is 9.77. The van der Waals surface area contributed by atoms with Crippen LogP contribution in [0.4, 0.5) is 17.3 Å². The summed E-state index contributed by atoms with van der Waals surface area (Å²) in [7, 11) is -1.16. The van der Waals surface area contributed by atoms with Gasteiger partial charge in [-0.15, -0.1) is 10.2 Å². The van der Waals surface area contributed by atoms with Gasteiger partial charge < -0.3 is 35.1 Å². The highest BCUT2D eigenvalue weighted by atomic mass is 79.9. The number of hydrogen-bond donors (Lipinski definition) is 3. The maximum Gasteiger partial charge on any atom is 0.278 e. The number of H-pyrrole nitrogens is 1. The van der Waals surface area contributed by atoms with Crippen LogP contribution in [0.2, 0.25) is 25.7 Å². The number of rotatable bonds is 15. The number of piperidine rings is 2. The molecule has 81 heavy (non-hydrogen) atoms. The van der Waals surface area contributed by atoms with Gasteiger partial charge in [0.25, 0.3) is 30.4 Å². The number of aromatic nitrogens is 8. The molecule has 4 fully saturated rings. The Hall–Kier alpha value is -5.38. The zero-order valence-corrected chi connectivity index (χ0v) is 51.9. The van der Waals surface area contributed by atoms with Gasteiger partial charge in [0, 0.05) is 106 Å². The average Bonchev–Trinajstić information content (AvgIpc) is 4.42. The van der Waals surface area contributed by atoms with Crippen LogP contribution in [0.1, 0.15) is 73.6 Å². The summed E-state index contributed by atoms with van der Waals surface area (Å²) in [4.78, 5) is 21.5. The molecule has 8 heterocycles. The van der Waals surface area contributed by atoms with E-state index in [0.29, 0.717) is 44.5 Å². The number of methoxy groups -OCH3 is 2. The molecule has 6 aliphatic rings. The van der Waals surface area contributed by atoms with Crippen LogP contribution >= 0.6 is 15.9 Å². The van der Waals surface area contributed by atoms with E-state index in [2.05, 4.69) is 124 Å². The molecule has 0 atom stereocenters. The Kier molecular flexibility index (Phi) is 17.5. The van der Waals surface area contributed by atoms with E-state index >= 15 is 0 Å². The SMILES string of the molecule is CN1CCC12CCN(S(=O)(=O)c1nc(Br)nn1COCC[Si](C)(C)C)CC2.COc1cc(-c2ccc3c(c2N)CCC3)ccn1.COc1cc(-c2ccc3c(c2Nc2n[nH]c(S(=O)(=O)N4CCC5(CCN5C)CC4)n2)CCC3)ccn1. The van der Waals surface area contributed by atoms with Gasteiger partial charge >= 0.3 is 0 Å². The summed E-state index contributed by atoms with van der Waals surface area (Å²) in [5.41, 5.74) is 17.8. The Morgan fingerprint density at radius 3 is 1.78 bits per heavy atom. The van der Waals surface area contributed by atoms with Gasteiger partial charge in [0.1, 0.15) is 6.73 Å². The van der Waals surface area contributed by atoms with Gasteiger partial charge in [-0.2, -0.15) is 18.6 Å². The van der Waals surface area contributed by atoms with E-state index in [4.69, 9.17) is 19.9 Å². The molecule has 0 bridgehead atoms. The quantitative estimate of drug-likeness (QED) is 0.0501. The zero-order chi connectivity index (χ0) is 57.3. The molecule has 436 valence electrons. The first-order valence-electron chi connectivity index (χ1n) is 28.1. The number of halogens is 1. The first-order valence-corrected chi connectivity index (χ1v) is 35.5. The lowest BCUT2D eigenvalue weighted by molar-refractivity contribution is -0.0266. The van der Waals surface area contributed by atoms with Crippen molar-refractivity contribution in [3.8, 4) is 34.0 Å². The molecule has 25 heteroatoms. The first-order chi connectivity index (χ1) is 38.7. The first kappa shape index (κ1) is 58.8. The number of sulfonamides is 2. The molecule has 2 aliphatic carbocycles. The number of likely N-dealkylation sites (tertiary alicyclic amines) is 2. The van der Waals surface area contributed by atoms with E-state index < -0.39 is 28.1 Å². The van der Waals surface area contributed by atoms with E-state index in [9.17, 15) is 16.8 Å². The summed E-state index contributed by atoms with van der Waals surface area (Å²) in [5.74, 6) is 1.39. The molecule has 0 radical (unpaired) electrons. The summed E-state index contributed by atoms with van der Waals surface area (Å²) in [6.07, 6.45) is 15.7. The van der Waals surface area contributed by atoms with Crippen LogP contribution in [-0.4, -0.2) is 169 Å². The van der Waals surface area contributed by atoms with E-state index in [1.165, 1.54) is 37.7 Å². The highest BCUT2D eigenvalue weighted by Gasteiger charge is 2.48. The normalized spacial score (nSPS) is 18.9. The van der Waals surface area contributed by atoms with Crippen LogP contribution in [0, 0.1) is 0 Å². The lowest BCUT2D eigenvalue weighted by Crippen LogP contribution is -2.62. The summed E-state index contributed by atoms with van der Waals surface area (Å²) in [6, 6.07) is 17.3. The molecule has 0 saturated carbocycles. The molecule has 4 N–H and O–H groups in total. The maximum atomic E-state index is 13.3. The van der Waals surface area contributed by atoms with E-state index in [1.54, 1.807) is 30.9 Å². The van der Waals surface area contributed by atoms with E-state index in [0.717, 1.165) is 123 Å². The number of fused-ring (bicyclic) bond motifs is 2. The highest BCUT2D eigenvalue weighted by Crippen LogP contribution is 2.43. The van der Waals surface area contributed by atoms with Gasteiger partial charge in [0.2, 0.25) is 22.4 Å². The van der Waals surface area contributed by atoms with Crippen LogP contribution in [-0.2, 0) is 57.2 Å². The lowest BCUT2D eigenvalue weighted by Gasteiger charge is -2.54.